The van der Waals surface area contributed by atoms with Crippen LogP contribution < -0.4 is 10.1 Å². The molecule has 0 spiro atoms. The van der Waals surface area contributed by atoms with Crippen molar-refractivity contribution in [1.82, 2.24) is 30.0 Å². The van der Waals surface area contributed by atoms with Gasteiger partial charge in [-0.2, -0.15) is 5.10 Å². The van der Waals surface area contributed by atoms with E-state index in [-0.39, 0.29) is 0 Å². The number of hydrogen-bond donors (Lipinski definition) is 2. The Morgan fingerprint density at radius 2 is 2.00 bits per heavy atom. The van der Waals surface area contributed by atoms with E-state index in [2.05, 4.69) is 49.1 Å². The molecule has 0 aliphatic carbocycles. The van der Waals surface area contributed by atoms with E-state index in [9.17, 15) is 0 Å². The highest BCUT2D eigenvalue weighted by Crippen LogP contribution is 2.39. The number of rotatable bonds is 7. The molecular formula is C26H33N7O2S. The summed E-state index contributed by atoms with van der Waals surface area (Å²) in [6.07, 6.45) is 6.32. The molecule has 1 saturated heterocycles. The number of aromatic amines is 1. The Morgan fingerprint density at radius 3 is 2.83 bits per heavy atom. The summed E-state index contributed by atoms with van der Waals surface area (Å²) in [6, 6.07) is 4.00. The van der Waals surface area contributed by atoms with E-state index < -0.39 is 0 Å². The molecule has 1 aromatic carbocycles. The first kappa shape index (κ1) is 23.6. The molecule has 4 aromatic rings. The van der Waals surface area contributed by atoms with Gasteiger partial charge >= 0.3 is 0 Å². The van der Waals surface area contributed by atoms with E-state index in [0.29, 0.717) is 12.2 Å². The van der Waals surface area contributed by atoms with Crippen molar-refractivity contribution in [1.29, 1.82) is 0 Å². The second kappa shape index (κ2) is 9.93. The number of H-pyrrole nitrogens is 1. The topological polar surface area (TPSA) is 91.4 Å². The molecular weight excluding hydrogens is 474 g/mol. The van der Waals surface area contributed by atoms with Gasteiger partial charge in [0, 0.05) is 42.5 Å². The number of aromatic nitrogens is 4. The number of anilines is 2. The van der Waals surface area contributed by atoms with E-state index in [0.717, 1.165) is 84.1 Å². The highest BCUT2D eigenvalue weighted by atomic mass is 32.1. The summed E-state index contributed by atoms with van der Waals surface area (Å²) in [7, 11) is 1.68. The van der Waals surface area contributed by atoms with Gasteiger partial charge in [-0.1, -0.05) is 0 Å². The number of morpholine rings is 1. The molecule has 3 aromatic heterocycles. The van der Waals surface area contributed by atoms with Crippen molar-refractivity contribution in [3.63, 3.8) is 0 Å². The molecule has 5 heterocycles. The fourth-order valence-electron chi connectivity index (χ4n) is 5.62. The zero-order chi connectivity index (χ0) is 24.6. The molecule has 0 unspecified atom stereocenters. The summed E-state index contributed by atoms with van der Waals surface area (Å²) in [5, 5.41) is 12.8. The number of methoxy groups -OCH3 is 1. The van der Waals surface area contributed by atoms with E-state index in [4.69, 9.17) is 9.47 Å². The summed E-state index contributed by atoms with van der Waals surface area (Å²) < 4.78 is 11.5. The maximum atomic E-state index is 5.88. The molecule has 0 saturated carbocycles. The van der Waals surface area contributed by atoms with Gasteiger partial charge in [-0.05, 0) is 51.4 Å². The monoisotopic (exact) mass is 507 g/mol. The molecule has 36 heavy (non-hydrogen) atoms. The van der Waals surface area contributed by atoms with Crippen molar-refractivity contribution in [2.75, 3.05) is 45.2 Å². The Labute approximate surface area is 214 Å². The van der Waals surface area contributed by atoms with Crippen molar-refractivity contribution in [2.24, 2.45) is 0 Å². The SMILES string of the molecule is COc1cc2[nH]ncc2cc1Nc1ncnc2sc3c(c12)CCN(CCCN1C[C@@H](C)O[C@@H](C)C1)C3. The predicted molar refractivity (Wildman–Crippen MR) is 143 cm³/mol. The molecule has 1 fully saturated rings. The predicted octanol–water partition coefficient (Wildman–Crippen LogP) is 4.18. The van der Waals surface area contributed by atoms with Crippen LogP contribution in [0.2, 0.25) is 0 Å². The van der Waals surface area contributed by atoms with E-state index >= 15 is 0 Å². The average molecular weight is 508 g/mol. The van der Waals surface area contributed by atoms with Gasteiger partial charge in [-0.3, -0.25) is 14.9 Å². The Balaban J connectivity index is 1.17. The molecule has 0 bridgehead atoms. The third-order valence-corrected chi connectivity index (χ3v) is 8.30. The Kier molecular flexibility index (Phi) is 6.51. The maximum Gasteiger partial charge on any atom is 0.144 e. The standard InChI is InChI=1S/C26H33N7O2S/c1-16-12-33(13-17(2)35-16)7-4-6-32-8-5-19-23(14-32)36-26-24(19)25(27-15-28-26)30-21-9-18-11-29-31-20(18)10-22(21)34-3/h9-11,15-17H,4-8,12-14H2,1-3H3,(H,29,31)(H,27,28,30)/t16-,17+. The van der Waals surface area contributed by atoms with Gasteiger partial charge in [-0.25, -0.2) is 9.97 Å². The van der Waals surface area contributed by atoms with Gasteiger partial charge in [0.2, 0.25) is 0 Å². The molecule has 10 heteroatoms. The molecule has 0 amide bonds. The third kappa shape index (κ3) is 4.66. The molecule has 6 rings (SSSR count). The van der Waals surface area contributed by atoms with Gasteiger partial charge in [0.1, 0.15) is 22.7 Å². The normalized spacial score (nSPS) is 21.2. The lowest BCUT2D eigenvalue weighted by Crippen LogP contribution is -2.46. The van der Waals surface area contributed by atoms with E-state index in [1.165, 1.54) is 16.9 Å². The summed E-state index contributed by atoms with van der Waals surface area (Å²) in [4.78, 5) is 16.8. The minimum absolute atomic E-state index is 0.329. The van der Waals surface area contributed by atoms with Crippen molar-refractivity contribution in [3.8, 4) is 5.75 Å². The third-order valence-electron chi connectivity index (χ3n) is 7.17. The maximum absolute atomic E-state index is 5.88. The minimum atomic E-state index is 0.329. The number of hydrogen-bond acceptors (Lipinski definition) is 9. The van der Waals surface area contributed by atoms with Gasteiger partial charge in [0.05, 0.1) is 42.1 Å². The number of ether oxygens (including phenoxy) is 2. The van der Waals surface area contributed by atoms with Crippen LogP contribution in [0.3, 0.4) is 0 Å². The van der Waals surface area contributed by atoms with Crippen molar-refractivity contribution < 1.29 is 9.47 Å². The fraction of sp³-hybridized carbons (Fsp3) is 0.500. The van der Waals surface area contributed by atoms with Gasteiger partial charge in [0.15, 0.2) is 0 Å². The van der Waals surface area contributed by atoms with Crippen LogP contribution in [-0.2, 0) is 17.7 Å². The van der Waals surface area contributed by atoms with Crippen LogP contribution >= 0.6 is 11.3 Å². The first-order valence-corrected chi connectivity index (χ1v) is 13.5. The van der Waals surface area contributed by atoms with Crippen LogP contribution in [0, 0.1) is 0 Å². The molecule has 190 valence electrons. The first-order valence-electron chi connectivity index (χ1n) is 12.7. The molecule has 2 aliphatic rings. The molecule has 2 N–H and O–H groups in total. The largest absolute Gasteiger partial charge is 0.494 e. The number of benzene rings is 1. The number of thiophene rings is 1. The number of nitrogens with one attached hydrogen (secondary N) is 2. The molecule has 2 atom stereocenters. The van der Waals surface area contributed by atoms with Crippen LogP contribution in [0.4, 0.5) is 11.5 Å². The number of nitrogens with zero attached hydrogens (tertiary/aromatic N) is 5. The molecule has 9 nitrogen and oxygen atoms in total. The second-order valence-electron chi connectivity index (χ2n) is 9.94. The quantitative estimate of drug-likeness (QED) is 0.385. The minimum Gasteiger partial charge on any atom is -0.494 e. The van der Waals surface area contributed by atoms with Crippen LogP contribution in [0.15, 0.2) is 24.7 Å². The average Bonchev–Trinajstić information content (AvgIpc) is 3.46. The molecule has 0 radical (unpaired) electrons. The summed E-state index contributed by atoms with van der Waals surface area (Å²) in [5.41, 5.74) is 3.19. The van der Waals surface area contributed by atoms with Crippen molar-refractivity contribution >= 4 is 44.0 Å². The lowest BCUT2D eigenvalue weighted by molar-refractivity contribution is -0.0684. The smallest absolute Gasteiger partial charge is 0.144 e. The summed E-state index contributed by atoms with van der Waals surface area (Å²) in [6.45, 7) is 10.7. The highest BCUT2D eigenvalue weighted by Gasteiger charge is 2.25. The Morgan fingerprint density at radius 1 is 1.17 bits per heavy atom. The number of fused-ring (bicyclic) bond motifs is 4. The van der Waals surface area contributed by atoms with Crippen molar-refractivity contribution in [3.05, 3.63) is 35.1 Å². The first-order chi connectivity index (χ1) is 17.6. The summed E-state index contributed by atoms with van der Waals surface area (Å²) in [5.74, 6) is 1.58. The lowest BCUT2D eigenvalue weighted by Gasteiger charge is -2.36. The summed E-state index contributed by atoms with van der Waals surface area (Å²) >= 11 is 1.80. The zero-order valence-corrected chi connectivity index (χ0v) is 21.9. The Bertz CT molecular complexity index is 1360. The van der Waals surface area contributed by atoms with Crippen LogP contribution in [0.5, 0.6) is 5.75 Å². The van der Waals surface area contributed by atoms with Crippen LogP contribution in [0.1, 0.15) is 30.7 Å². The van der Waals surface area contributed by atoms with Crippen molar-refractivity contribution in [2.45, 2.75) is 45.4 Å². The van der Waals surface area contributed by atoms with Gasteiger partial charge in [-0.15, -0.1) is 11.3 Å². The van der Waals surface area contributed by atoms with E-state index in [1.54, 1.807) is 24.8 Å². The van der Waals surface area contributed by atoms with E-state index in [1.807, 2.05) is 18.3 Å². The second-order valence-corrected chi connectivity index (χ2v) is 11.0. The zero-order valence-electron chi connectivity index (χ0n) is 21.1. The van der Waals surface area contributed by atoms with Gasteiger partial charge < -0.3 is 14.8 Å². The molecule has 2 aliphatic heterocycles. The highest BCUT2D eigenvalue weighted by molar-refractivity contribution is 7.19. The van der Waals surface area contributed by atoms with Crippen LogP contribution in [-0.4, -0.2) is 82.0 Å². The lowest BCUT2D eigenvalue weighted by atomic mass is 10.0. The van der Waals surface area contributed by atoms with Gasteiger partial charge in [0.25, 0.3) is 0 Å². The Hall–Kier alpha value is -2.79. The van der Waals surface area contributed by atoms with Crippen LogP contribution in [0.25, 0.3) is 21.1 Å². The fourth-order valence-corrected chi connectivity index (χ4v) is 6.85.